The topological polar surface area (TPSA) is 219 Å². The lowest BCUT2D eigenvalue weighted by molar-refractivity contribution is -0.138. The minimum atomic E-state index is -0.634. The molecular weight excluding hydrogens is 1690 g/mol. The van der Waals surface area contributed by atoms with E-state index in [1.54, 1.807) is 35.3 Å². The summed E-state index contributed by atoms with van der Waals surface area (Å²) in [7, 11) is 0. The molecule has 0 aromatic heterocycles. The number of fused-ring (bicyclic) bond motifs is 15. The van der Waals surface area contributed by atoms with E-state index >= 15 is 0 Å². The number of piperidine rings is 3. The van der Waals surface area contributed by atoms with Gasteiger partial charge in [-0.05, 0) is 174 Å². The molecule has 131 heavy (non-hydrogen) atoms. The average molecular weight is 1830 g/mol. The van der Waals surface area contributed by atoms with Gasteiger partial charge in [-0.15, -0.1) is 35.3 Å². The summed E-state index contributed by atoms with van der Waals surface area (Å²) in [5.74, 6) is 0.334. The van der Waals surface area contributed by atoms with Crippen LogP contribution in [0, 0.1) is 16.2 Å². The van der Waals surface area contributed by atoms with E-state index in [0.29, 0.717) is 78.5 Å². The summed E-state index contributed by atoms with van der Waals surface area (Å²) < 4.78 is 0. The summed E-state index contributed by atoms with van der Waals surface area (Å²) in [6.45, 7) is 27.4. The molecule has 12 aliphatic rings. The average Bonchev–Trinajstić information content (AvgIpc) is 1.54. The van der Waals surface area contributed by atoms with Gasteiger partial charge in [-0.1, -0.05) is 238 Å². The van der Waals surface area contributed by atoms with E-state index in [1.165, 1.54) is 33.4 Å². The second kappa shape index (κ2) is 37.1. The molecule has 3 aliphatic carbocycles. The molecule has 4 atom stereocenters. The molecule has 9 aliphatic heterocycles. The van der Waals surface area contributed by atoms with E-state index in [0.717, 1.165) is 146 Å². The third-order valence-electron chi connectivity index (χ3n) is 29.2. The first-order valence-corrected chi connectivity index (χ1v) is 50.3. The van der Waals surface area contributed by atoms with Gasteiger partial charge in [0.05, 0.1) is 15.7 Å². The number of benzene rings is 8. The van der Waals surface area contributed by atoms with Crippen molar-refractivity contribution in [2.24, 2.45) is 16.2 Å². The number of nitrogens with one attached hydrogen (secondary N) is 3. The lowest BCUT2D eigenvalue weighted by Gasteiger charge is -2.43. The van der Waals surface area contributed by atoms with E-state index < -0.39 is 20.2 Å². The first-order valence-electron chi connectivity index (χ1n) is 47.7. The Labute approximate surface area is 789 Å². The van der Waals surface area contributed by atoms with Gasteiger partial charge in [0.1, 0.15) is 14.6 Å². The smallest absolute Gasteiger partial charge is 0.322 e. The van der Waals surface area contributed by atoms with Crippen molar-refractivity contribution < 1.29 is 47.4 Å². The quantitative estimate of drug-likeness (QED) is 0.0873. The lowest BCUT2D eigenvalue weighted by Crippen LogP contribution is -2.51. The maximum absolute atomic E-state index is 14.3. The molecule has 3 N–H and O–H groups in total. The van der Waals surface area contributed by atoms with Crippen molar-refractivity contribution >= 4 is 106 Å². The summed E-state index contributed by atoms with van der Waals surface area (Å²) in [4.78, 5) is 139. The molecule has 12 amide bonds. The van der Waals surface area contributed by atoms with Crippen LogP contribution in [-0.2, 0) is 69.2 Å². The Morgan fingerprint density at radius 1 is 0.344 bits per heavy atom. The zero-order chi connectivity index (χ0) is 91.5. The van der Waals surface area contributed by atoms with Crippen LogP contribution in [0.3, 0.4) is 0 Å². The number of likely N-dealkylation sites (tertiary alicyclic amines) is 3. The van der Waals surface area contributed by atoms with Crippen molar-refractivity contribution in [2.45, 2.75) is 227 Å². The van der Waals surface area contributed by atoms with Gasteiger partial charge >= 0.3 is 18.1 Å². The second-order valence-corrected chi connectivity index (χ2v) is 45.5. The molecule has 9 heterocycles. The van der Waals surface area contributed by atoms with E-state index in [4.69, 9.17) is 0 Å². The molecule has 20 rings (SSSR count). The largest absolute Gasteiger partial charge is 0.342 e. The molecule has 8 aromatic rings. The maximum Gasteiger partial charge on any atom is 0.322 e. The summed E-state index contributed by atoms with van der Waals surface area (Å²) >= 11 is 5.03. The maximum atomic E-state index is 14.3. The molecule has 0 bridgehead atoms. The van der Waals surface area contributed by atoms with E-state index in [1.807, 2.05) is 84.0 Å². The number of thioether (sulfide) groups is 3. The first-order chi connectivity index (χ1) is 63.0. The van der Waals surface area contributed by atoms with E-state index in [-0.39, 0.29) is 122 Å². The SMILES string of the molecule is CC(C)(C)CCN1C(=O)C(CC(=O)N2CCC(N3CCc4ccccc4NC3=O)CC2)SC12CCCc1ccccc12.CC(C)(C)CCN1C(=O)C(CC(=O)N2CCC(N3CCc4ccccc4NC3=O)CC2)SC12c1ccccc1-c1ccccc12.CC(C)(C)CCN1C(=O)C(CC(=O)N2CCC(N3Cc4ccccc4NC3=O)CC2)SC12c1ccccc1-c1ccccc12.[HH].[HH].[HH]. The number of carbonyl (C=O) groups excluding carboxylic acids is 9. The minimum Gasteiger partial charge on any atom is -0.342 e. The Bertz CT molecular complexity index is 5630. The normalized spacial score (nSPS) is 22.2. The van der Waals surface area contributed by atoms with Crippen molar-refractivity contribution in [3.05, 3.63) is 244 Å². The number of nitrogens with zero attached hydrogens (tertiary/aromatic N) is 9. The molecule has 21 nitrogen and oxygen atoms in total. The number of carbonyl (C=O) groups is 9. The van der Waals surface area contributed by atoms with E-state index in [2.05, 4.69) is 232 Å². The van der Waals surface area contributed by atoms with Crippen LogP contribution < -0.4 is 16.0 Å². The third kappa shape index (κ3) is 18.1. The Hall–Kier alpha value is -10.6. The van der Waals surface area contributed by atoms with Gasteiger partial charge in [0, 0.05) is 160 Å². The number of rotatable bonds is 15. The van der Waals surface area contributed by atoms with Gasteiger partial charge < -0.3 is 60.0 Å². The highest BCUT2D eigenvalue weighted by atomic mass is 32.2. The van der Waals surface area contributed by atoms with Gasteiger partial charge in [-0.2, -0.15) is 0 Å². The first kappa shape index (κ1) is 91.0. The molecule has 8 aromatic carbocycles. The molecule has 4 unspecified atom stereocenters. The predicted molar refractivity (Wildman–Crippen MR) is 530 cm³/mol. The van der Waals surface area contributed by atoms with Crippen molar-refractivity contribution in [2.75, 3.05) is 87.9 Å². The molecule has 6 saturated heterocycles. The van der Waals surface area contributed by atoms with Gasteiger partial charge in [0.15, 0.2) is 0 Å². The van der Waals surface area contributed by atoms with Crippen LogP contribution in [0.2, 0.25) is 0 Å². The van der Waals surface area contributed by atoms with Crippen LogP contribution in [0.1, 0.15) is 207 Å². The molecule has 6 fully saturated rings. The Morgan fingerprint density at radius 2 is 0.641 bits per heavy atom. The fourth-order valence-electron chi connectivity index (χ4n) is 22.0. The molecular formula is C107H132N12O9S3. The molecule has 0 radical (unpaired) electrons. The number of hydrogen-bond donors (Lipinski definition) is 3. The van der Waals surface area contributed by atoms with Crippen molar-refractivity contribution in [3.8, 4) is 22.3 Å². The fourth-order valence-corrected chi connectivity index (χ4v) is 27.4. The standard InChI is InChI=1S/C37H42N4O3S.C36H40N4O3S.C34H44N4O3S.3H2/c1-36(2,3)19-23-41-34(43)32(45-37(41)29-13-7-5-11-27(29)28-12-6-8-14-30(28)37)24-33(42)39-20-17-26(18-21-39)40-22-16-25-10-4-9-15-31(25)38-35(40)44;1-35(2,3)18-21-40-33(42)31(44-36(40)28-13-7-5-11-26(28)27-12-6-8-14-29(27)36)22-32(41)38-19-16-25(17-20-38)39-23-24-10-4-9-15-30(24)37-34(39)43;1-33(2,3)18-22-38-31(40)29(42-34(38)17-8-11-24-9-4-6-12-27(24)34)23-30(39)36-19-15-26(16-20-36)37-21-14-25-10-5-7-13-28(25)35-32(37)41;;;/h4-15,26,32H,16-24H2,1-3H3,(H,38,44);4-15,25,31H,16-23H2,1-3H3,(H,37,43);4-7,9-10,12-13,26,29H,8,11,14-23H2,1-3H3,(H,35,41);3*1H. The van der Waals surface area contributed by atoms with Crippen LogP contribution in [0.4, 0.5) is 31.4 Å². The number of anilines is 3. The van der Waals surface area contributed by atoms with Crippen LogP contribution in [0.15, 0.2) is 194 Å². The minimum absolute atomic E-state index is 0. The Balaban J connectivity index is 0.000000152. The Kier molecular flexibility index (Phi) is 25.8. The monoisotopic (exact) mass is 1820 g/mol. The van der Waals surface area contributed by atoms with Crippen LogP contribution in [0.5, 0.6) is 0 Å². The van der Waals surface area contributed by atoms with Crippen LogP contribution in [-0.4, -0.2) is 204 Å². The van der Waals surface area contributed by atoms with Crippen molar-refractivity contribution in [1.82, 2.24) is 44.1 Å². The number of aryl methyl sites for hydroxylation is 1. The van der Waals surface area contributed by atoms with Crippen LogP contribution >= 0.6 is 35.3 Å². The van der Waals surface area contributed by atoms with Crippen molar-refractivity contribution in [1.29, 1.82) is 0 Å². The highest BCUT2D eigenvalue weighted by Gasteiger charge is 2.61. The van der Waals surface area contributed by atoms with Gasteiger partial charge in [0.25, 0.3) is 0 Å². The number of hydrogen-bond acceptors (Lipinski definition) is 12. The fraction of sp³-hybridized carbons (Fsp3) is 0.467. The third-order valence-corrected chi connectivity index (χ3v) is 34.2. The zero-order valence-electron chi connectivity index (χ0n) is 77.4. The molecule has 0 saturated carbocycles. The number of para-hydroxylation sites is 3. The zero-order valence-corrected chi connectivity index (χ0v) is 79.8. The number of urea groups is 3. The van der Waals surface area contributed by atoms with Gasteiger partial charge in [0.2, 0.25) is 35.4 Å². The second-order valence-electron chi connectivity index (χ2n) is 41.2. The van der Waals surface area contributed by atoms with Crippen molar-refractivity contribution in [3.63, 3.8) is 0 Å². The van der Waals surface area contributed by atoms with Crippen LogP contribution in [0.25, 0.3) is 22.3 Å². The lowest BCUT2D eigenvalue weighted by atomic mass is 9.85. The van der Waals surface area contributed by atoms with Gasteiger partial charge in [-0.3, -0.25) is 28.8 Å². The summed E-state index contributed by atoms with van der Waals surface area (Å²) in [6, 6.07) is 66.3. The summed E-state index contributed by atoms with van der Waals surface area (Å²) in [5.41, 5.74) is 18.2. The van der Waals surface area contributed by atoms with Gasteiger partial charge in [-0.25, -0.2) is 14.4 Å². The molecule has 24 heteroatoms. The van der Waals surface area contributed by atoms with E-state index in [9.17, 15) is 43.2 Å². The highest BCUT2D eigenvalue weighted by Crippen LogP contribution is 2.64. The Morgan fingerprint density at radius 3 is 1.02 bits per heavy atom. The highest BCUT2D eigenvalue weighted by molar-refractivity contribution is 8.02. The summed E-state index contributed by atoms with van der Waals surface area (Å²) in [6.07, 6.45) is 12.4. The molecule has 3 spiro atoms. The summed E-state index contributed by atoms with van der Waals surface area (Å²) in [5, 5.41) is 7.90. The molecule has 692 valence electrons. The number of amides is 12. The predicted octanol–water partition coefficient (Wildman–Crippen LogP) is 20.2.